The number of benzene rings is 3. The van der Waals surface area contributed by atoms with Gasteiger partial charge < -0.3 is 4.74 Å². The lowest BCUT2D eigenvalue weighted by molar-refractivity contribution is -0.106. The molecule has 0 amide bonds. The molecule has 6 nitrogen and oxygen atoms in total. The Morgan fingerprint density at radius 3 is 2.40 bits per heavy atom. The maximum Gasteiger partial charge on any atom is 0.404 e. The van der Waals surface area contributed by atoms with Crippen molar-refractivity contribution in [1.29, 1.82) is 0 Å². The van der Waals surface area contributed by atoms with Gasteiger partial charge in [-0.25, -0.2) is 22.2 Å². The highest BCUT2D eigenvalue weighted by Gasteiger charge is 2.36. The van der Waals surface area contributed by atoms with Crippen LogP contribution in [0.25, 0.3) is 16.6 Å². The third-order valence-corrected chi connectivity index (χ3v) is 6.49. The van der Waals surface area contributed by atoms with Gasteiger partial charge in [0.25, 0.3) is 0 Å². The average Bonchev–Trinajstić information content (AvgIpc) is 3.20. The molecule has 184 valence electrons. The Hall–Kier alpha value is -3.44. The summed E-state index contributed by atoms with van der Waals surface area (Å²) in [6.45, 7) is -0.191. The number of hydrogen-bond acceptors (Lipinski definition) is 4. The molecule has 1 atom stereocenters. The van der Waals surface area contributed by atoms with Gasteiger partial charge in [-0.15, -0.1) is 0 Å². The first-order chi connectivity index (χ1) is 16.6. The van der Waals surface area contributed by atoms with Gasteiger partial charge in [0.15, 0.2) is 5.75 Å². The molecule has 0 radical (unpaired) electrons. The van der Waals surface area contributed by atoms with Gasteiger partial charge in [-0.3, -0.25) is 0 Å². The van der Waals surface area contributed by atoms with Crippen LogP contribution in [0, 0.1) is 5.82 Å². The number of rotatable bonds is 9. The summed E-state index contributed by atoms with van der Waals surface area (Å²) >= 11 is 0. The fourth-order valence-electron chi connectivity index (χ4n) is 3.63. The minimum absolute atomic E-state index is 0.142. The van der Waals surface area contributed by atoms with E-state index in [2.05, 4.69) is 9.82 Å². The maximum absolute atomic E-state index is 13.2. The molecule has 0 aliphatic carbocycles. The molecule has 1 heterocycles. The highest BCUT2D eigenvalue weighted by molar-refractivity contribution is 7.89. The first-order valence-electron chi connectivity index (χ1n) is 10.6. The van der Waals surface area contributed by atoms with E-state index in [-0.39, 0.29) is 18.8 Å². The molecule has 0 spiro atoms. The number of fused-ring (bicyclic) bond motifs is 1. The number of sulfonamides is 1. The quantitative estimate of drug-likeness (QED) is 0.335. The van der Waals surface area contributed by atoms with Crippen molar-refractivity contribution in [1.82, 2.24) is 14.5 Å². The summed E-state index contributed by atoms with van der Waals surface area (Å²) in [7, 11) is -4.62. The number of alkyl halides is 3. The van der Waals surface area contributed by atoms with Crippen molar-refractivity contribution < 1.29 is 30.7 Å². The SMILES string of the molecule is O=S(=O)(CC(F)(F)F)NC(COc1ccc2c(cnn2-c2ccc(F)cc2)c1)Cc1ccccc1. The van der Waals surface area contributed by atoms with E-state index < -0.39 is 28.0 Å². The lowest BCUT2D eigenvalue weighted by Gasteiger charge is -2.20. The molecule has 11 heteroatoms. The summed E-state index contributed by atoms with van der Waals surface area (Å²) in [5.74, 6) is -1.94. The van der Waals surface area contributed by atoms with Crippen molar-refractivity contribution in [2.45, 2.75) is 18.6 Å². The van der Waals surface area contributed by atoms with Gasteiger partial charge in [0.05, 0.1) is 23.4 Å². The number of aromatic nitrogens is 2. The third kappa shape index (κ3) is 6.80. The summed E-state index contributed by atoms with van der Waals surface area (Å²) in [5.41, 5.74) is 2.14. The van der Waals surface area contributed by atoms with Crippen LogP contribution in [0.1, 0.15) is 5.56 Å². The Labute approximate surface area is 199 Å². The van der Waals surface area contributed by atoms with Crippen LogP contribution in [0.3, 0.4) is 0 Å². The zero-order chi connectivity index (χ0) is 25.1. The lowest BCUT2D eigenvalue weighted by Crippen LogP contribution is -2.44. The molecular weight excluding hydrogens is 486 g/mol. The van der Waals surface area contributed by atoms with E-state index in [1.165, 1.54) is 12.1 Å². The number of nitrogens with zero attached hydrogens (tertiary/aromatic N) is 2. The Balaban J connectivity index is 1.51. The molecule has 35 heavy (non-hydrogen) atoms. The average molecular weight is 508 g/mol. The maximum atomic E-state index is 13.2. The second kappa shape index (κ2) is 10.0. The molecule has 0 fully saturated rings. The van der Waals surface area contributed by atoms with Crippen LogP contribution >= 0.6 is 0 Å². The predicted octanol–water partition coefficient (Wildman–Crippen LogP) is 4.64. The molecule has 4 rings (SSSR count). The second-order valence-corrected chi connectivity index (χ2v) is 9.70. The summed E-state index contributed by atoms with van der Waals surface area (Å²) in [4.78, 5) is 0. The number of halogens is 4. The zero-order valence-corrected chi connectivity index (χ0v) is 19.1. The molecule has 0 saturated heterocycles. The van der Waals surface area contributed by atoms with Crippen LogP contribution < -0.4 is 9.46 Å². The van der Waals surface area contributed by atoms with E-state index in [0.29, 0.717) is 16.8 Å². The zero-order valence-electron chi connectivity index (χ0n) is 18.2. The van der Waals surface area contributed by atoms with Gasteiger partial charge in [0.1, 0.15) is 18.2 Å². The van der Waals surface area contributed by atoms with Gasteiger partial charge in [-0.1, -0.05) is 30.3 Å². The molecule has 1 aromatic heterocycles. The first-order valence-corrected chi connectivity index (χ1v) is 12.2. The third-order valence-electron chi connectivity index (χ3n) is 5.09. The van der Waals surface area contributed by atoms with E-state index in [1.807, 2.05) is 0 Å². The first kappa shape index (κ1) is 24.7. The summed E-state index contributed by atoms with van der Waals surface area (Å²) in [6.07, 6.45) is -3.12. The van der Waals surface area contributed by atoms with E-state index in [0.717, 1.165) is 11.1 Å². The Bertz CT molecular complexity index is 1390. The highest BCUT2D eigenvalue weighted by Crippen LogP contribution is 2.24. The number of nitrogens with one attached hydrogen (secondary N) is 1. The van der Waals surface area contributed by atoms with Crippen LogP contribution in [-0.2, 0) is 16.4 Å². The van der Waals surface area contributed by atoms with Crippen molar-refractivity contribution in [3.63, 3.8) is 0 Å². The molecule has 0 aliphatic rings. The van der Waals surface area contributed by atoms with Crippen LogP contribution in [-0.4, -0.2) is 42.8 Å². The normalized spacial score (nSPS) is 13.1. The number of ether oxygens (including phenoxy) is 1. The lowest BCUT2D eigenvalue weighted by atomic mass is 10.1. The van der Waals surface area contributed by atoms with E-state index in [1.54, 1.807) is 71.5 Å². The van der Waals surface area contributed by atoms with Crippen molar-refractivity contribution >= 4 is 20.9 Å². The Morgan fingerprint density at radius 2 is 1.71 bits per heavy atom. The van der Waals surface area contributed by atoms with Gasteiger partial charge in [0, 0.05) is 5.39 Å². The topological polar surface area (TPSA) is 73.2 Å². The van der Waals surface area contributed by atoms with Crippen LogP contribution in [0.2, 0.25) is 0 Å². The minimum atomic E-state index is -4.86. The van der Waals surface area contributed by atoms with Gasteiger partial charge in [0.2, 0.25) is 10.0 Å². The largest absolute Gasteiger partial charge is 0.492 e. The molecule has 0 aliphatic heterocycles. The molecule has 0 saturated carbocycles. The van der Waals surface area contributed by atoms with E-state index in [9.17, 15) is 26.0 Å². The number of hydrogen-bond donors (Lipinski definition) is 1. The molecular formula is C24H21F4N3O3S. The van der Waals surface area contributed by atoms with Crippen molar-refractivity contribution in [2.75, 3.05) is 12.4 Å². The van der Waals surface area contributed by atoms with Crippen LogP contribution in [0.4, 0.5) is 17.6 Å². The molecule has 4 aromatic rings. The smallest absolute Gasteiger partial charge is 0.404 e. The minimum Gasteiger partial charge on any atom is -0.492 e. The van der Waals surface area contributed by atoms with Crippen LogP contribution in [0.5, 0.6) is 5.75 Å². The molecule has 1 N–H and O–H groups in total. The highest BCUT2D eigenvalue weighted by atomic mass is 32.2. The van der Waals surface area contributed by atoms with Gasteiger partial charge in [-0.05, 0) is 54.4 Å². The predicted molar refractivity (Wildman–Crippen MR) is 123 cm³/mol. The van der Waals surface area contributed by atoms with Gasteiger partial charge in [-0.2, -0.15) is 18.3 Å². The van der Waals surface area contributed by atoms with E-state index >= 15 is 0 Å². The summed E-state index contributed by atoms with van der Waals surface area (Å²) in [5, 5.41) is 5.02. The summed E-state index contributed by atoms with van der Waals surface area (Å²) < 4.78 is 85.0. The second-order valence-electron chi connectivity index (χ2n) is 7.94. The standard InChI is InChI=1S/C24H21F4N3O3S/c25-19-6-8-21(9-7-19)31-23-11-10-22(13-18(23)14-29-31)34-15-20(12-17-4-2-1-3-5-17)30-35(32,33)16-24(26,27)28/h1-11,13-14,20,30H,12,15-16H2. The molecule has 3 aromatic carbocycles. The molecule has 1 unspecified atom stereocenters. The summed E-state index contributed by atoms with van der Waals surface area (Å²) in [6, 6.07) is 18.8. The van der Waals surface area contributed by atoms with Crippen LogP contribution in [0.15, 0.2) is 79.0 Å². The van der Waals surface area contributed by atoms with Gasteiger partial charge >= 0.3 is 6.18 Å². The Morgan fingerprint density at radius 1 is 1.00 bits per heavy atom. The van der Waals surface area contributed by atoms with Crippen molar-refractivity contribution in [3.05, 3.63) is 90.4 Å². The van der Waals surface area contributed by atoms with Crippen molar-refractivity contribution in [2.24, 2.45) is 0 Å². The molecule has 0 bridgehead atoms. The monoisotopic (exact) mass is 507 g/mol. The van der Waals surface area contributed by atoms with Crippen molar-refractivity contribution in [3.8, 4) is 11.4 Å². The Kier molecular flexibility index (Phi) is 7.08. The fraction of sp³-hybridized carbons (Fsp3) is 0.208. The fourth-order valence-corrected chi connectivity index (χ4v) is 4.80. The van der Waals surface area contributed by atoms with E-state index in [4.69, 9.17) is 4.74 Å².